The van der Waals surface area contributed by atoms with Crippen LogP contribution in [0, 0.1) is 28.6 Å². The summed E-state index contributed by atoms with van der Waals surface area (Å²) >= 11 is 0. The standard InChI is InChI=1S/C83H142O9/c1-7-11-15-19-21-23-25-27-29-31-33-35-39-44-50-55-78(84)88-68-73(91-80(86)57-52-46-40-36-34-32-30-28-26-24-22-20-16-12-8-2)69-89-79(85)56-51-45-41-37-38-43-48-54-71(53-47-42-17-13-9-3)90-72-63-65-82(5)70(67-72)59-60-74-75-61-62-77(83(75,6)66-64-76(74)82)92-81(87)58-49-18-14-10-4/h22,24,27-30,47-48,53-54,67,71-78,84H,7-21,23,25-26,31-46,49-52,55-66,68-69H2,1-6H3/b24-22-,29-27-,30-28-,53-47-,54-48-/t71?,72?,73?,74-,75-,76-,77-,78?,82-,83-/m0/s1. The lowest BCUT2D eigenvalue weighted by atomic mass is 9.47. The smallest absolute Gasteiger partial charge is 0.306 e. The van der Waals surface area contributed by atoms with Gasteiger partial charge in [-0.3, -0.25) is 14.4 Å². The SMILES string of the molecule is CCCCC/C=C\C/C=C\CCCCCCCC(=O)OC(COC(=O)CCCCCCC/C=C\C(/C=C\CCCCC)OC1C=C2CC[C@H]3[C@@H]4CC[C@H](OC(=O)CCCCCC)[C@@]4(C)CC[C@@H]3[C@@]2(C)CC1)COC(O)CCCCCCC/C=C\CCCCCCCC. The number of ether oxygens (including phenoxy) is 5. The monoisotopic (exact) mass is 1280 g/mol. The molecule has 4 rings (SSSR count). The zero-order chi connectivity index (χ0) is 66.0. The number of esters is 3. The summed E-state index contributed by atoms with van der Waals surface area (Å²) in [6.07, 6.45) is 78.4. The van der Waals surface area contributed by atoms with Crippen molar-refractivity contribution in [3.8, 4) is 0 Å². The Bertz CT molecular complexity index is 2070. The highest BCUT2D eigenvalue weighted by Crippen LogP contribution is 2.66. The molecule has 92 heavy (non-hydrogen) atoms. The van der Waals surface area contributed by atoms with Gasteiger partial charge in [0, 0.05) is 24.7 Å². The van der Waals surface area contributed by atoms with E-state index in [0.29, 0.717) is 43.4 Å². The number of aliphatic hydroxyl groups is 1. The molecule has 0 spiro atoms. The van der Waals surface area contributed by atoms with E-state index in [0.717, 1.165) is 148 Å². The minimum absolute atomic E-state index is 0.00770. The molecule has 0 aromatic rings. The molecule has 3 saturated carbocycles. The number of allylic oxidation sites excluding steroid dienone is 9. The van der Waals surface area contributed by atoms with E-state index in [2.05, 4.69) is 108 Å². The van der Waals surface area contributed by atoms with Crippen LogP contribution in [0.1, 0.15) is 363 Å². The Labute approximate surface area is 565 Å². The van der Waals surface area contributed by atoms with E-state index in [1.165, 1.54) is 148 Å². The third-order valence-electron chi connectivity index (χ3n) is 21.4. The van der Waals surface area contributed by atoms with E-state index in [-0.39, 0.29) is 60.3 Å². The Kier molecular flexibility index (Phi) is 45.8. The molecular weight excluding hydrogens is 1140 g/mol. The summed E-state index contributed by atoms with van der Waals surface area (Å²) < 4.78 is 30.7. The molecule has 0 saturated heterocycles. The van der Waals surface area contributed by atoms with Crippen molar-refractivity contribution in [2.24, 2.45) is 28.6 Å². The lowest BCUT2D eigenvalue weighted by molar-refractivity contribution is -0.173. The quantitative estimate of drug-likeness (QED) is 0.0209. The van der Waals surface area contributed by atoms with Gasteiger partial charge in [0.1, 0.15) is 12.7 Å². The molecule has 0 aromatic carbocycles. The van der Waals surface area contributed by atoms with Crippen molar-refractivity contribution < 1.29 is 43.2 Å². The summed E-state index contributed by atoms with van der Waals surface area (Å²) in [6.45, 7) is 14.0. The highest BCUT2D eigenvalue weighted by atomic mass is 16.6. The number of hydrogen-bond donors (Lipinski definition) is 1. The summed E-state index contributed by atoms with van der Waals surface area (Å²) in [6, 6.07) is 0. The number of aliphatic hydroxyl groups excluding tert-OH is 1. The minimum Gasteiger partial charge on any atom is -0.462 e. The minimum atomic E-state index is -0.953. The van der Waals surface area contributed by atoms with Crippen LogP contribution < -0.4 is 0 Å². The first-order chi connectivity index (χ1) is 45.0. The largest absolute Gasteiger partial charge is 0.462 e. The first kappa shape index (κ1) is 81.2. The number of rotatable bonds is 57. The van der Waals surface area contributed by atoms with Crippen molar-refractivity contribution in [3.63, 3.8) is 0 Å². The predicted octanol–water partition coefficient (Wildman–Crippen LogP) is 23.6. The Morgan fingerprint density at radius 3 is 1.57 bits per heavy atom. The Morgan fingerprint density at radius 2 is 0.978 bits per heavy atom. The third-order valence-corrected chi connectivity index (χ3v) is 21.4. The number of fused-ring (bicyclic) bond motifs is 5. The van der Waals surface area contributed by atoms with Gasteiger partial charge in [-0.1, -0.05) is 249 Å². The highest BCUT2D eigenvalue weighted by molar-refractivity contribution is 5.70. The van der Waals surface area contributed by atoms with Crippen LogP contribution in [0.2, 0.25) is 0 Å². The molecule has 0 amide bonds. The maximum atomic E-state index is 13.1. The molecule has 4 aliphatic rings. The molecule has 4 aliphatic carbocycles. The highest BCUT2D eigenvalue weighted by Gasteiger charge is 2.60. The fourth-order valence-electron chi connectivity index (χ4n) is 15.6. The Morgan fingerprint density at radius 1 is 0.500 bits per heavy atom. The number of carbonyl (C=O) groups is 3. The zero-order valence-corrected chi connectivity index (χ0v) is 60.5. The van der Waals surface area contributed by atoms with E-state index < -0.39 is 12.4 Å². The van der Waals surface area contributed by atoms with Gasteiger partial charge in [-0.25, -0.2) is 0 Å². The van der Waals surface area contributed by atoms with E-state index in [1.807, 2.05) is 0 Å². The second-order valence-corrected chi connectivity index (χ2v) is 29.2. The zero-order valence-electron chi connectivity index (χ0n) is 60.5. The van der Waals surface area contributed by atoms with Crippen molar-refractivity contribution in [2.45, 2.75) is 393 Å². The van der Waals surface area contributed by atoms with Gasteiger partial charge < -0.3 is 28.8 Å². The van der Waals surface area contributed by atoms with Crippen molar-refractivity contribution in [1.29, 1.82) is 0 Å². The first-order valence-electron chi connectivity index (χ1n) is 39.5. The van der Waals surface area contributed by atoms with Crippen molar-refractivity contribution in [3.05, 3.63) is 72.4 Å². The lowest BCUT2D eigenvalue weighted by Gasteiger charge is -2.58. The van der Waals surface area contributed by atoms with Crippen LogP contribution in [-0.2, 0) is 38.1 Å². The normalized spacial score (nSPS) is 23.3. The first-order valence-corrected chi connectivity index (χ1v) is 39.5. The maximum Gasteiger partial charge on any atom is 0.306 e. The molecule has 9 nitrogen and oxygen atoms in total. The van der Waals surface area contributed by atoms with Crippen LogP contribution >= 0.6 is 0 Å². The molecule has 0 bridgehead atoms. The van der Waals surface area contributed by atoms with E-state index in [4.69, 9.17) is 23.7 Å². The second kappa shape index (κ2) is 51.9. The van der Waals surface area contributed by atoms with Gasteiger partial charge in [-0.2, -0.15) is 0 Å². The molecule has 9 heteroatoms. The number of unbranched alkanes of at least 4 members (excludes halogenated alkanes) is 30. The molecule has 0 heterocycles. The van der Waals surface area contributed by atoms with E-state index in [9.17, 15) is 19.5 Å². The summed E-state index contributed by atoms with van der Waals surface area (Å²) in [5.41, 5.74) is 1.98. The molecule has 528 valence electrons. The van der Waals surface area contributed by atoms with Gasteiger partial charge in [0.2, 0.25) is 0 Å². The fraction of sp³-hybridized carbons (Fsp3) is 0.819. The van der Waals surface area contributed by atoms with Crippen LogP contribution in [0.3, 0.4) is 0 Å². The third kappa shape index (κ3) is 34.6. The summed E-state index contributed by atoms with van der Waals surface area (Å²) in [7, 11) is 0. The van der Waals surface area contributed by atoms with Crippen LogP contribution in [0.5, 0.6) is 0 Å². The van der Waals surface area contributed by atoms with Crippen molar-refractivity contribution in [2.75, 3.05) is 13.2 Å². The molecule has 4 unspecified atom stereocenters. The van der Waals surface area contributed by atoms with E-state index >= 15 is 0 Å². The topological polar surface area (TPSA) is 118 Å². The molecule has 0 aliphatic heterocycles. The fourth-order valence-corrected chi connectivity index (χ4v) is 15.6. The van der Waals surface area contributed by atoms with Crippen LogP contribution in [0.25, 0.3) is 0 Å². The van der Waals surface area contributed by atoms with Gasteiger partial charge >= 0.3 is 17.9 Å². The van der Waals surface area contributed by atoms with Gasteiger partial charge in [0.05, 0.1) is 18.8 Å². The number of carbonyl (C=O) groups excluding carboxylic acids is 3. The molecule has 0 radical (unpaired) electrons. The molecule has 0 aromatic heterocycles. The van der Waals surface area contributed by atoms with Gasteiger partial charge in [0.25, 0.3) is 0 Å². The van der Waals surface area contributed by atoms with Crippen molar-refractivity contribution in [1.82, 2.24) is 0 Å². The van der Waals surface area contributed by atoms with Crippen LogP contribution in [0.15, 0.2) is 72.4 Å². The number of hydrogen-bond acceptors (Lipinski definition) is 9. The predicted molar refractivity (Wildman–Crippen MR) is 385 cm³/mol. The molecule has 10 atom stereocenters. The molecular formula is C83H142O9. The van der Waals surface area contributed by atoms with Crippen molar-refractivity contribution >= 4 is 17.9 Å². The van der Waals surface area contributed by atoms with Gasteiger partial charge in [-0.05, 0) is 190 Å². The maximum absolute atomic E-state index is 13.1. The summed E-state index contributed by atoms with van der Waals surface area (Å²) in [5, 5.41) is 10.8. The Balaban J connectivity index is 1.15. The summed E-state index contributed by atoms with van der Waals surface area (Å²) in [5.74, 6) is 1.49. The summed E-state index contributed by atoms with van der Waals surface area (Å²) in [4.78, 5) is 39.1. The van der Waals surface area contributed by atoms with Crippen LogP contribution in [-0.4, -0.2) is 66.9 Å². The molecule has 3 fully saturated rings. The Hall–Kier alpha value is -3.27. The molecule has 1 N–H and O–H groups in total. The average Bonchev–Trinajstić information content (AvgIpc) is 1.36. The van der Waals surface area contributed by atoms with Gasteiger partial charge in [-0.15, -0.1) is 0 Å². The average molecular weight is 1280 g/mol. The van der Waals surface area contributed by atoms with Crippen LogP contribution in [0.4, 0.5) is 0 Å². The van der Waals surface area contributed by atoms with Gasteiger partial charge in [0.15, 0.2) is 12.4 Å². The second-order valence-electron chi connectivity index (χ2n) is 29.2. The van der Waals surface area contributed by atoms with E-state index in [1.54, 1.807) is 5.57 Å². The lowest BCUT2D eigenvalue weighted by Crippen LogP contribution is -2.52.